The molecule has 0 aliphatic carbocycles. The maximum atomic E-state index is 11.4. The Balaban J connectivity index is 2.61. The summed E-state index contributed by atoms with van der Waals surface area (Å²) in [6.07, 6.45) is 1.40. The highest BCUT2D eigenvalue weighted by molar-refractivity contribution is 5.89. The van der Waals surface area contributed by atoms with Gasteiger partial charge in [0.05, 0.1) is 18.8 Å². The van der Waals surface area contributed by atoms with Crippen LogP contribution in [-0.2, 0) is 14.3 Å². The zero-order chi connectivity index (χ0) is 14.3. The minimum Gasteiger partial charge on any atom is -0.464 e. The van der Waals surface area contributed by atoms with Gasteiger partial charge < -0.3 is 14.8 Å². The Hall–Kier alpha value is -2.11. The lowest BCUT2D eigenvalue weighted by Crippen LogP contribution is -2.28. The van der Waals surface area contributed by atoms with Gasteiger partial charge in [0.15, 0.2) is 0 Å². The second kappa shape index (κ2) is 7.35. The molecule has 0 bridgehead atoms. The summed E-state index contributed by atoms with van der Waals surface area (Å²) in [6, 6.07) is 2.70. The van der Waals surface area contributed by atoms with Crippen molar-refractivity contribution >= 4 is 17.8 Å². The minimum absolute atomic E-state index is 0.318. The normalized spacial score (nSPS) is 11.5. The predicted octanol–water partition coefficient (Wildman–Crippen LogP) is 1.62. The first-order valence-corrected chi connectivity index (χ1v) is 6.14. The fourth-order valence-corrected chi connectivity index (χ4v) is 1.36. The van der Waals surface area contributed by atoms with E-state index in [1.165, 1.54) is 6.20 Å². The molecule has 0 aliphatic rings. The third-order valence-corrected chi connectivity index (χ3v) is 2.28. The van der Waals surface area contributed by atoms with Crippen LogP contribution in [0.1, 0.15) is 31.1 Å². The molecule has 0 saturated carbocycles. The van der Waals surface area contributed by atoms with Gasteiger partial charge in [0.1, 0.15) is 11.9 Å². The molecule has 104 valence electrons. The van der Waals surface area contributed by atoms with Gasteiger partial charge in [-0.1, -0.05) is 0 Å². The molecule has 1 unspecified atom stereocenters. The van der Waals surface area contributed by atoms with E-state index >= 15 is 0 Å². The van der Waals surface area contributed by atoms with E-state index in [9.17, 15) is 9.59 Å². The zero-order valence-corrected chi connectivity index (χ0v) is 11.3. The lowest BCUT2D eigenvalue weighted by atomic mass is 10.2. The van der Waals surface area contributed by atoms with Crippen LogP contribution in [0.3, 0.4) is 0 Å². The third kappa shape index (κ3) is 4.57. The van der Waals surface area contributed by atoms with E-state index < -0.39 is 12.0 Å². The molecule has 6 nitrogen and oxygen atoms in total. The molecule has 1 N–H and O–H groups in total. The van der Waals surface area contributed by atoms with Crippen molar-refractivity contribution < 1.29 is 19.1 Å². The molecule has 0 fully saturated rings. The van der Waals surface area contributed by atoms with Crippen LogP contribution < -0.4 is 5.32 Å². The molecule has 0 spiro atoms. The lowest BCUT2D eigenvalue weighted by Gasteiger charge is -2.13. The van der Waals surface area contributed by atoms with Gasteiger partial charge in [-0.2, -0.15) is 0 Å². The first-order valence-electron chi connectivity index (χ1n) is 6.14. The van der Waals surface area contributed by atoms with Crippen molar-refractivity contribution in [3.05, 3.63) is 23.9 Å². The molecule has 1 heterocycles. The van der Waals surface area contributed by atoms with E-state index in [0.29, 0.717) is 24.6 Å². The van der Waals surface area contributed by atoms with E-state index in [0.717, 1.165) is 0 Å². The molecule has 0 aromatic carbocycles. The molecule has 1 aromatic rings. The highest BCUT2D eigenvalue weighted by atomic mass is 16.5. The smallest absolute Gasteiger partial charge is 0.339 e. The highest BCUT2D eigenvalue weighted by Gasteiger charge is 2.14. The van der Waals surface area contributed by atoms with E-state index in [-0.39, 0.29) is 5.97 Å². The van der Waals surface area contributed by atoms with Crippen LogP contribution in [-0.4, -0.2) is 36.2 Å². The van der Waals surface area contributed by atoms with E-state index in [1.54, 1.807) is 32.9 Å². The number of carbonyl (C=O) groups is 2. The molecule has 0 amide bonds. The molecule has 1 rings (SSSR count). The minimum atomic E-state index is -0.499. The first-order chi connectivity index (χ1) is 9.08. The number of hydrogen-bond donors (Lipinski definition) is 1. The van der Waals surface area contributed by atoms with Gasteiger partial charge in [-0.05, 0) is 32.9 Å². The quantitative estimate of drug-likeness (QED) is 0.788. The molecule has 1 atom stereocenters. The number of pyridine rings is 1. The Kier molecular flexibility index (Phi) is 5.78. The molecule has 1 aromatic heterocycles. The fraction of sp³-hybridized carbons (Fsp3) is 0.462. The number of nitrogens with zero attached hydrogens (tertiary/aromatic N) is 1. The maximum absolute atomic E-state index is 11.4. The van der Waals surface area contributed by atoms with Crippen molar-refractivity contribution in [3.63, 3.8) is 0 Å². The van der Waals surface area contributed by atoms with Gasteiger partial charge in [0.25, 0.3) is 0 Å². The van der Waals surface area contributed by atoms with Gasteiger partial charge >= 0.3 is 11.9 Å². The summed E-state index contributed by atoms with van der Waals surface area (Å²) in [5, 5.41) is 2.89. The zero-order valence-electron chi connectivity index (χ0n) is 11.3. The second-order valence-corrected chi connectivity index (χ2v) is 3.77. The molecular weight excluding hydrogens is 248 g/mol. The van der Waals surface area contributed by atoms with Crippen LogP contribution in [0.25, 0.3) is 0 Å². The fourth-order valence-electron chi connectivity index (χ4n) is 1.36. The molecule has 0 radical (unpaired) electrons. The summed E-state index contributed by atoms with van der Waals surface area (Å²) in [5.41, 5.74) is 0.371. The summed E-state index contributed by atoms with van der Waals surface area (Å²) < 4.78 is 9.71. The Bertz CT molecular complexity index is 431. The van der Waals surface area contributed by atoms with E-state index in [2.05, 4.69) is 10.3 Å². The Morgan fingerprint density at radius 2 is 1.95 bits per heavy atom. The van der Waals surface area contributed by atoms with Crippen molar-refractivity contribution in [1.29, 1.82) is 0 Å². The van der Waals surface area contributed by atoms with Crippen LogP contribution in [0.4, 0.5) is 5.82 Å². The SMILES string of the molecule is CCOC(=O)c1ccc(NC(C)C(=O)OCC)nc1. The van der Waals surface area contributed by atoms with Crippen LogP contribution >= 0.6 is 0 Å². The number of hydrogen-bond acceptors (Lipinski definition) is 6. The molecule has 6 heteroatoms. The van der Waals surface area contributed by atoms with Gasteiger partial charge in [-0.25, -0.2) is 14.6 Å². The van der Waals surface area contributed by atoms with Crippen LogP contribution in [0.2, 0.25) is 0 Å². The Morgan fingerprint density at radius 1 is 1.26 bits per heavy atom. The lowest BCUT2D eigenvalue weighted by molar-refractivity contribution is -0.143. The van der Waals surface area contributed by atoms with Crippen LogP contribution in [0.15, 0.2) is 18.3 Å². The largest absolute Gasteiger partial charge is 0.464 e. The van der Waals surface area contributed by atoms with Crippen molar-refractivity contribution in [2.75, 3.05) is 18.5 Å². The van der Waals surface area contributed by atoms with Crippen LogP contribution in [0.5, 0.6) is 0 Å². The average Bonchev–Trinajstić information content (AvgIpc) is 2.40. The van der Waals surface area contributed by atoms with Crippen molar-refractivity contribution in [1.82, 2.24) is 4.98 Å². The van der Waals surface area contributed by atoms with Crippen molar-refractivity contribution in [2.45, 2.75) is 26.8 Å². The molecule has 19 heavy (non-hydrogen) atoms. The summed E-state index contributed by atoms with van der Waals surface area (Å²) in [6.45, 7) is 5.82. The number of nitrogens with one attached hydrogen (secondary N) is 1. The van der Waals surface area contributed by atoms with Crippen molar-refractivity contribution in [2.24, 2.45) is 0 Å². The monoisotopic (exact) mass is 266 g/mol. The molecule has 0 aliphatic heterocycles. The summed E-state index contributed by atoms with van der Waals surface area (Å²) in [7, 11) is 0. The number of anilines is 1. The predicted molar refractivity (Wildman–Crippen MR) is 69.9 cm³/mol. The maximum Gasteiger partial charge on any atom is 0.339 e. The Morgan fingerprint density at radius 3 is 2.47 bits per heavy atom. The summed E-state index contributed by atoms with van der Waals surface area (Å²) >= 11 is 0. The summed E-state index contributed by atoms with van der Waals surface area (Å²) in [4.78, 5) is 26.9. The standard InChI is InChI=1S/C13H18N2O4/c1-4-18-12(16)9(3)15-11-7-6-10(8-14-11)13(17)19-5-2/h6-9H,4-5H2,1-3H3,(H,14,15). The highest BCUT2D eigenvalue weighted by Crippen LogP contribution is 2.08. The number of esters is 2. The Labute approximate surface area is 112 Å². The molecular formula is C13H18N2O4. The van der Waals surface area contributed by atoms with Gasteiger partial charge in [-0.3, -0.25) is 0 Å². The number of ether oxygens (including phenoxy) is 2. The van der Waals surface area contributed by atoms with Crippen LogP contribution in [0, 0.1) is 0 Å². The van der Waals surface area contributed by atoms with Gasteiger partial charge in [-0.15, -0.1) is 0 Å². The number of aromatic nitrogens is 1. The number of rotatable bonds is 6. The second-order valence-electron chi connectivity index (χ2n) is 3.77. The van der Waals surface area contributed by atoms with Gasteiger partial charge in [0, 0.05) is 6.20 Å². The van der Waals surface area contributed by atoms with Gasteiger partial charge in [0.2, 0.25) is 0 Å². The first kappa shape index (κ1) is 14.9. The third-order valence-electron chi connectivity index (χ3n) is 2.28. The van der Waals surface area contributed by atoms with E-state index in [1.807, 2.05) is 0 Å². The average molecular weight is 266 g/mol. The van der Waals surface area contributed by atoms with Crippen molar-refractivity contribution in [3.8, 4) is 0 Å². The summed E-state index contributed by atoms with van der Waals surface area (Å²) in [5.74, 6) is -0.271. The topological polar surface area (TPSA) is 77.5 Å². The van der Waals surface area contributed by atoms with E-state index in [4.69, 9.17) is 9.47 Å². The number of carbonyl (C=O) groups excluding carboxylic acids is 2. The molecule has 0 saturated heterocycles.